The molecular weight excluding hydrogens is 424 g/mol. The number of hydrogen-bond donors (Lipinski definition) is 0. The zero-order valence-corrected chi connectivity index (χ0v) is 20.9. The van der Waals surface area contributed by atoms with E-state index in [2.05, 4.69) is 12.2 Å². The lowest BCUT2D eigenvalue weighted by Gasteiger charge is -2.41. The number of carbonyl (C=O) groups excluding carboxylic acids is 2. The molecule has 8 bridgehead atoms. The van der Waals surface area contributed by atoms with E-state index in [4.69, 9.17) is 9.47 Å². The van der Waals surface area contributed by atoms with Gasteiger partial charge in [-0.1, -0.05) is 12.2 Å². The summed E-state index contributed by atoms with van der Waals surface area (Å²) in [6, 6.07) is 0. The minimum Gasteiger partial charge on any atom is -0.462 e. The van der Waals surface area contributed by atoms with Crippen LogP contribution in [0.15, 0.2) is 12.2 Å². The smallest absolute Gasteiger partial charge is 0.309 e. The van der Waals surface area contributed by atoms with E-state index in [0.717, 1.165) is 48.9 Å². The normalized spacial score (nSPS) is 56.9. The first-order valence-corrected chi connectivity index (χ1v) is 14.4. The maximum atomic E-state index is 13.5. The van der Waals surface area contributed by atoms with Crippen LogP contribution in [0.2, 0.25) is 0 Å². The molecule has 0 aromatic carbocycles. The molecule has 0 aromatic rings. The maximum absolute atomic E-state index is 13.5. The molecule has 4 nitrogen and oxygen atoms in total. The number of carbonyl (C=O) groups is 2. The molecule has 0 saturated heterocycles. The number of allylic oxidation sites excluding steroid dienone is 2. The summed E-state index contributed by atoms with van der Waals surface area (Å²) >= 11 is 0. The van der Waals surface area contributed by atoms with Crippen molar-refractivity contribution in [3.8, 4) is 0 Å². The van der Waals surface area contributed by atoms with Crippen LogP contribution >= 0.6 is 0 Å². The Morgan fingerprint density at radius 2 is 1.21 bits per heavy atom. The predicted octanol–water partition coefficient (Wildman–Crippen LogP) is 5.26. The van der Waals surface area contributed by atoms with E-state index in [1.807, 2.05) is 20.8 Å². The van der Waals surface area contributed by atoms with Crippen molar-refractivity contribution in [2.45, 2.75) is 77.4 Å². The second-order valence-corrected chi connectivity index (χ2v) is 14.7. The standard InChI is InChI=1S/C30H40O4/c1-30(2,3)34-29(32)21-10-16-8-19(21)26-17-11-22(27(16)26)23(12-17)33-28(31)20-9-15-7-18(20)25-14-5-4-13(6-14)24(15)25/h4-5,13-27H,6-12H2,1-3H3. The number of rotatable bonds is 3. The lowest BCUT2D eigenvalue weighted by molar-refractivity contribution is -0.165. The fourth-order valence-electron chi connectivity index (χ4n) is 11.8. The summed E-state index contributed by atoms with van der Waals surface area (Å²) in [7, 11) is 0. The topological polar surface area (TPSA) is 52.6 Å². The van der Waals surface area contributed by atoms with E-state index in [9.17, 15) is 9.59 Å². The molecule has 0 heterocycles. The highest BCUT2D eigenvalue weighted by molar-refractivity contribution is 5.75. The summed E-state index contributed by atoms with van der Waals surface area (Å²) in [5.41, 5.74) is -0.402. The molecule has 8 rings (SSSR count). The quantitative estimate of drug-likeness (QED) is 0.325. The molecular formula is C30H40O4. The molecule has 7 saturated carbocycles. The molecule has 0 aliphatic heterocycles. The Morgan fingerprint density at radius 1 is 0.647 bits per heavy atom. The molecule has 8 aliphatic rings. The van der Waals surface area contributed by atoms with E-state index in [1.165, 1.54) is 25.7 Å². The molecule has 15 unspecified atom stereocenters. The molecule has 0 radical (unpaired) electrons. The van der Waals surface area contributed by atoms with Crippen molar-refractivity contribution < 1.29 is 19.1 Å². The molecule has 4 heteroatoms. The first-order chi connectivity index (χ1) is 16.3. The van der Waals surface area contributed by atoms with Crippen molar-refractivity contribution in [1.82, 2.24) is 0 Å². The molecule has 34 heavy (non-hydrogen) atoms. The van der Waals surface area contributed by atoms with E-state index in [1.54, 1.807) is 0 Å². The van der Waals surface area contributed by atoms with E-state index in [-0.39, 0.29) is 29.9 Å². The van der Waals surface area contributed by atoms with Gasteiger partial charge in [0.2, 0.25) is 0 Å². The molecule has 15 atom stereocenters. The van der Waals surface area contributed by atoms with Gasteiger partial charge in [-0.3, -0.25) is 9.59 Å². The van der Waals surface area contributed by atoms with Gasteiger partial charge in [0.1, 0.15) is 11.7 Å². The van der Waals surface area contributed by atoms with Crippen LogP contribution in [0.1, 0.15) is 65.7 Å². The number of hydrogen-bond acceptors (Lipinski definition) is 4. The minimum atomic E-state index is -0.402. The van der Waals surface area contributed by atoms with E-state index in [0.29, 0.717) is 41.4 Å². The predicted molar refractivity (Wildman–Crippen MR) is 126 cm³/mol. The molecule has 7 fully saturated rings. The molecule has 0 aromatic heterocycles. The molecule has 0 amide bonds. The number of esters is 2. The van der Waals surface area contributed by atoms with Crippen LogP contribution in [0.5, 0.6) is 0 Å². The fraction of sp³-hybridized carbons (Fsp3) is 0.867. The van der Waals surface area contributed by atoms with Crippen LogP contribution in [0.4, 0.5) is 0 Å². The van der Waals surface area contributed by atoms with Gasteiger partial charge in [0.15, 0.2) is 0 Å². The summed E-state index contributed by atoms with van der Waals surface area (Å²) < 4.78 is 12.2. The first-order valence-electron chi connectivity index (χ1n) is 14.4. The number of ether oxygens (including phenoxy) is 2. The van der Waals surface area contributed by atoms with Gasteiger partial charge in [0.25, 0.3) is 0 Å². The largest absolute Gasteiger partial charge is 0.462 e. The Balaban J connectivity index is 0.936. The zero-order chi connectivity index (χ0) is 23.1. The summed E-state index contributed by atoms with van der Waals surface area (Å²) in [5, 5.41) is 0. The third-order valence-electron chi connectivity index (χ3n) is 12.3. The average molecular weight is 465 g/mol. The Bertz CT molecular complexity index is 961. The van der Waals surface area contributed by atoms with Gasteiger partial charge in [0.05, 0.1) is 11.8 Å². The van der Waals surface area contributed by atoms with Crippen LogP contribution in [0.25, 0.3) is 0 Å². The van der Waals surface area contributed by atoms with Gasteiger partial charge in [-0.2, -0.15) is 0 Å². The third kappa shape index (κ3) is 2.67. The van der Waals surface area contributed by atoms with Gasteiger partial charge >= 0.3 is 11.9 Å². The average Bonchev–Trinajstić information content (AvgIpc) is 3.60. The van der Waals surface area contributed by atoms with Crippen LogP contribution in [0, 0.1) is 82.9 Å². The van der Waals surface area contributed by atoms with Gasteiger partial charge < -0.3 is 9.47 Å². The highest BCUT2D eigenvalue weighted by atomic mass is 16.6. The van der Waals surface area contributed by atoms with Crippen LogP contribution < -0.4 is 0 Å². The second kappa shape index (κ2) is 6.71. The van der Waals surface area contributed by atoms with E-state index < -0.39 is 5.60 Å². The van der Waals surface area contributed by atoms with Crippen LogP contribution in [-0.4, -0.2) is 23.6 Å². The van der Waals surface area contributed by atoms with Gasteiger partial charge in [-0.25, -0.2) is 0 Å². The molecule has 0 N–H and O–H groups in total. The number of fused-ring (bicyclic) bond motifs is 18. The van der Waals surface area contributed by atoms with Crippen molar-refractivity contribution in [1.29, 1.82) is 0 Å². The molecule has 8 aliphatic carbocycles. The van der Waals surface area contributed by atoms with Crippen molar-refractivity contribution in [2.24, 2.45) is 82.9 Å². The summed E-state index contributed by atoms with van der Waals surface area (Å²) in [6.45, 7) is 5.92. The summed E-state index contributed by atoms with van der Waals surface area (Å²) in [6.07, 6.45) is 13.3. The summed E-state index contributed by atoms with van der Waals surface area (Å²) in [5.74, 6) is 8.70. The zero-order valence-electron chi connectivity index (χ0n) is 20.9. The fourth-order valence-corrected chi connectivity index (χ4v) is 11.8. The summed E-state index contributed by atoms with van der Waals surface area (Å²) in [4.78, 5) is 26.4. The van der Waals surface area contributed by atoms with Crippen molar-refractivity contribution >= 4 is 11.9 Å². The Morgan fingerprint density at radius 3 is 1.94 bits per heavy atom. The van der Waals surface area contributed by atoms with Gasteiger partial charge in [-0.05, 0) is 137 Å². The van der Waals surface area contributed by atoms with Crippen molar-refractivity contribution in [2.75, 3.05) is 0 Å². The van der Waals surface area contributed by atoms with Gasteiger partial charge in [-0.15, -0.1) is 0 Å². The van der Waals surface area contributed by atoms with Gasteiger partial charge in [0, 0.05) is 0 Å². The monoisotopic (exact) mass is 464 g/mol. The molecule has 0 spiro atoms. The first kappa shape index (κ1) is 20.8. The third-order valence-corrected chi connectivity index (χ3v) is 12.3. The highest BCUT2D eigenvalue weighted by Crippen LogP contribution is 2.70. The molecule has 184 valence electrons. The SMILES string of the molecule is CC(C)(C)OC(=O)C1CC2CC1C1C3CC(OC(=O)C4CC5CC4C4C6C=CC(C6)C54)C(C3)C21. The maximum Gasteiger partial charge on any atom is 0.309 e. The van der Waals surface area contributed by atoms with E-state index >= 15 is 0 Å². The highest BCUT2D eigenvalue weighted by Gasteiger charge is 2.67. The Labute approximate surface area is 203 Å². The lowest BCUT2D eigenvalue weighted by Crippen LogP contribution is -2.43. The van der Waals surface area contributed by atoms with Crippen LogP contribution in [0.3, 0.4) is 0 Å². The minimum absolute atomic E-state index is 0.0363. The Hall–Kier alpha value is -1.32. The lowest BCUT2D eigenvalue weighted by atomic mass is 9.66. The second-order valence-electron chi connectivity index (χ2n) is 14.7. The van der Waals surface area contributed by atoms with Crippen molar-refractivity contribution in [3.05, 3.63) is 12.2 Å². The van der Waals surface area contributed by atoms with Crippen molar-refractivity contribution in [3.63, 3.8) is 0 Å². The van der Waals surface area contributed by atoms with Crippen LogP contribution in [-0.2, 0) is 19.1 Å². The Kier molecular flexibility index (Phi) is 4.11.